The minimum atomic E-state index is -1.13. The van der Waals surface area contributed by atoms with E-state index in [4.69, 9.17) is 9.84 Å². The van der Waals surface area contributed by atoms with Crippen molar-refractivity contribution in [2.24, 2.45) is 0 Å². The van der Waals surface area contributed by atoms with Gasteiger partial charge >= 0.3 is 5.97 Å². The third-order valence-electron chi connectivity index (χ3n) is 4.97. The van der Waals surface area contributed by atoms with Gasteiger partial charge in [-0.05, 0) is 96.5 Å². The minimum Gasteiger partial charge on any atom is -0.482 e. The Labute approximate surface area is 172 Å². The van der Waals surface area contributed by atoms with Gasteiger partial charge in [-0.25, -0.2) is 18.0 Å². The van der Waals surface area contributed by atoms with Crippen LogP contribution < -0.4 is 4.74 Å². The van der Waals surface area contributed by atoms with Gasteiger partial charge in [-0.1, -0.05) is 12.1 Å². The van der Waals surface area contributed by atoms with Crippen molar-refractivity contribution in [2.75, 3.05) is 6.61 Å². The van der Waals surface area contributed by atoms with E-state index in [-0.39, 0.29) is 30.2 Å². The summed E-state index contributed by atoms with van der Waals surface area (Å²) in [5, 5.41) is 8.77. The van der Waals surface area contributed by atoms with E-state index in [0.717, 1.165) is 0 Å². The maximum absolute atomic E-state index is 14.7. The lowest BCUT2D eigenvalue weighted by molar-refractivity contribution is -0.139. The number of carboxylic acids is 1. The molecule has 0 aliphatic rings. The minimum absolute atomic E-state index is 0.199. The Balaban J connectivity index is 1.89. The first-order chi connectivity index (χ1) is 14.3. The van der Waals surface area contributed by atoms with Crippen molar-refractivity contribution >= 4 is 5.97 Å². The van der Waals surface area contributed by atoms with Crippen LogP contribution in [0.15, 0.2) is 48.5 Å². The molecule has 3 aromatic carbocycles. The van der Waals surface area contributed by atoms with E-state index in [1.54, 1.807) is 38.1 Å². The van der Waals surface area contributed by atoms with Gasteiger partial charge in [0.1, 0.15) is 23.2 Å². The molecule has 1 N–H and O–H groups in total. The number of carboxylic acid groups (broad SMARTS) is 1. The summed E-state index contributed by atoms with van der Waals surface area (Å²) in [5.41, 5.74) is 2.94. The molecular weight excluding hydrogens is 393 g/mol. The van der Waals surface area contributed by atoms with Crippen molar-refractivity contribution in [2.45, 2.75) is 26.7 Å². The molecule has 30 heavy (non-hydrogen) atoms. The standard InChI is InChI=1S/C24H21F3O3/c1-14-10-18(16-4-3-5-19(25)12-16)11-17(24(14)27)6-7-20-15(2)22(9-8-21(20)26)30-13-23(28)29/h3-5,8-12H,6-7,13H2,1-2H3,(H,28,29). The highest BCUT2D eigenvalue weighted by Gasteiger charge is 2.15. The summed E-state index contributed by atoms with van der Waals surface area (Å²) in [6.45, 7) is 2.74. The Hall–Kier alpha value is -3.28. The zero-order valence-electron chi connectivity index (χ0n) is 16.6. The number of ether oxygens (including phenoxy) is 1. The maximum atomic E-state index is 14.7. The molecule has 0 aromatic heterocycles. The molecule has 0 saturated carbocycles. The van der Waals surface area contributed by atoms with Crippen molar-refractivity contribution in [1.29, 1.82) is 0 Å². The fourth-order valence-electron chi connectivity index (χ4n) is 3.42. The van der Waals surface area contributed by atoms with Gasteiger partial charge in [0.25, 0.3) is 0 Å². The van der Waals surface area contributed by atoms with Crippen molar-refractivity contribution in [3.8, 4) is 16.9 Å². The second-order valence-corrected chi connectivity index (χ2v) is 7.11. The number of hydrogen-bond acceptors (Lipinski definition) is 2. The van der Waals surface area contributed by atoms with E-state index in [9.17, 15) is 18.0 Å². The molecule has 3 nitrogen and oxygen atoms in total. The largest absolute Gasteiger partial charge is 0.482 e. The van der Waals surface area contributed by atoms with Gasteiger partial charge in [-0.15, -0.1) is 0 Å². The molecule has 0 unspecified atom stereocenters. The van der Waals surface area contributed by atoms with E-state index in [2.05, 4.69) is 0 Å². The summed E-state index contributed by atoms with van der Waals surface area (Å²) in [4.78, 5) is 10.7. The van der Waals surface area contributed by atoms with Gasteiger partial charge in [0, 0.05) is 0 Å². The predicted molar refractivity (Wildman–Crippen MR) is 108 cm³/mol. The summed E-state index contributed by atoms with van der Waals surface area (Å²) in [7, 11) is 0. The van der Waals surface area contributed by atoms with Crippen LogP contribution in [0.5, 0.6) is 5.75 Å². The van der Waals surface area contributed by atoms with Crippen LogP contribution in [0.3, 0.4) is 0 Å². The first kappa shape index (κ1) is 21.4. The second kappa shape index (κ2) is 9.03. The van der Waals surface area contributed by atoms with Gasteiger partial charge in [0.15, 0.2) is 6.61 Å². The Morgan fingerprint density at radius 2 is 1.73 bits per heavy atom. The Morgan fingerprint density at radius 3 is 2.43 bits per heavy atom. The summed E-state index contributed by atoms with van der Waals surface area (Å²) in [5.74, 6) is -2.09. The average Bonchev–Trinajstić information content (AvgIpc) is 2.70. The van der Waals surface area contributed by atoms with Gasteiger partial charge < -0.3 is 9.84 Å². The normalized spacial score (nSPS) is 10.8. The highest BCUT2D eigenvalue weighted by molar-refractivity contribution is 5.68. The number of carbonyl (C=O) groups is 1. The zero-order valence-corrected chi connectivity index (χ0v) is 16.6. The van der Waals surface area contributed by atoms with E-state index >= 15 is 0 Å². The first-order valence-corrected chi connectivity index (χ1v) is 9.43. The molecule has 3 rings (SSSR count). The van der Waals surface area contributed by atoms with Gasteiger partial charge in [-0.3, -0.25) is 0 Å². The van der Waals surface area contributed by atoms with E-state index in [1.807, 2.05) is 0 Å². The molecule has 0 aliphatic heterocycles. The van der Waals surface area contributed by atoms with E-state index in [1.165, 1.54) is 24.3 Å². The van der Waals surface area contributed by atoms with Gasteiger partial charge in [-0.2, -0.15) is 0 Å². The summed E-state index contributed by atoms with van der Waals surface area (Å²) in [6.07, 6.45) is 0.418. The highest BCUT2D eigenvalue weighted by Crippen LogP contribution is 2.29. The average molecular weight is 414 g/mol. The van der Waals surface area contributed by atoms with Crippen LogP contribution >= 0.6 is 0 Å². The Kier molecular flexibility index (Phi) is 6.45. The molecule has 3 aromatic rings. The number of benzene rings is 3. The predicted octanol–water partition coefficient (Wildman–Crippen LogP) is 5.64. The highest BCUT2D eigenvalue weighted by atomic mass is 19.1. The quantitative estimate of drug-likeness (QED) is 0.545. The van der Waals surface area contributed by atoms with Crippen molar-refractivity contribution in [3.05, 3.63) is 88.2 Å². The molecular formula is C24H21F3O3. The monoisotopic (exact) mass is 414 g/mol. The molecule has 156 valence electrons. The molecule has 0 heterocycles. The third-order valence-corrected chi connectivity index (χ3v) is 4.97. The van der Waals surface area contributed by atoms with Crippen LogP contribution in [-0.4, -0.2) is 17.7 Å². The molecule has 6 heteroatoms. The van der Waals surface area contributed by atoms with Gasteiger partial charge in [0.05, 0.1) is 0 Å². The van der Waals surface area contributed by atoms with Crippen molar-refractivity contribution in [1.82, 2.24) is 0 Å². The molecule has 0 saturated heterocycles. The summed E-state index contributed by atoms with van der Waals surface area (Å²) in [6, 6.07) is 11.9. The van der Waals surface area contributed by atoms with Crippen LogP contribution in [0.2, 0.25) is 0 Å². The summed E-state index contributed by atoms with van der Waals surface area (Å²) < 4.78 is 47.9. The Morgan fingerprint density at radius 1 is 0.967 bits per heavy atom. The molecule has 0 bridgehead atoms. The Bertz CT molecular complexity index is 1090. The SMILES string of the molecule is Cc1cc(-c2cccc(F)c2)cc(CCc2c(F)ccc(OCC(=O)O)c2C)c1F. The lowest BCUT2D eigenvalue weighted by Crippen LogP contribution is -2.11. The number of aryl methyl sites for hydroxylation is 2. The third kappa shape index (κ3) is 4.82. The first-order valence-electron chi connectivity index (χ1n) is 9.43. The number of rotatable bonds is 7. The van der Waals surface area contributed by atoms with Crippen LogP contribution in [0.4, 0.5) is 13.2 Å². The van der Waals surface area contributed by atoms with E-state index in [0.29, 0.717) is 33.4 Å². The van der Waals surface area contributed by atoms with Crippen molar-refractivity contribution < 1.29 is 27.8 Å². The molecule has 0 aliphatic carbocycles. The van der Waals surface area contributed by atoms with Gasteiger partial charge in [0.2, 0.25) is 0 Å². The van der Waals surface area contributed by atoms with Crippen LogP contribution in [-0.2, 0) is 17.6 Å². The summed E-state index contributed by atoms with van der Waals surface area (Å²) >= 11 is 0. The maximum Gasteiger partial charge on any atom is 0.341 e. The molecule has 0 amide bonds. The van der Waals surface area contributed by atoms with Crippen LogP contribution in [0, 0.1) is 31.3 Å². The number of halogens is 3. The van der Waals surface area contributed by atoms with Crippen LogP contribution in [0.25, 0.3) is 11.1 Å². The lowest BCUT2D eigenvalue weighted by Gasteiger charge is -2.14. The second-order valence-electron chi connectivity index (χ2n) is 7.11. The van der Waals surface area contributed by atoms with Crippen molar-refractivity contribution in [3.63, 3.8) is 0 Å². The number of hydrogen-bond donors (Lipinski definition) is 1. The molecule has 0 fully saturated rings. The molecule has 0 radical (unpaired) electrons. The van der Waals surface area contributed by atoms with Crippen LogP contribution in [0.1, 0.15) is 22.3 Å². The molecule has 0 atom stereocenters. The fraction of sp³-hybridized carbons (Fsp3) is 0.208. The van der Waals surface area contributed by atoms with E-state index < -0.39 is 18.4 Å². The lowest BCUT2D eigenvalue weighted by atomic mass is 9.94. The topological polar surface area (TPSA) is 46.5 Å². The molecule has 0 spiro atoms. The smallest absolute Gasteiger partial charge is 0.341 e. The fourth-order valence-corrected chi connectivity index (χ4v) is 3.42. The zero-order chi connectivity index (χ0) is 21.8. The number of aliphatic carboxylic acids is 1.